The number of fused-ring (bicyclic) bond motifs is 1. The zero-order chi connectivity index (χ0) is 21.4. The van der Waals surface area contributed by atoms with Crippen LogP contribution in [0, 0.1) is 5.92 Å². The first-order valence-electron chi connectivity index (χ1n) is 11.2. The van der Waals surface area contributed by atoms with Crippen molar-refractivity contribution in [1.29, 1.82) is 0 Å². The number of benzene rings is 1. The van der Waals surface area contributed by atoms with Gasteiger partial charge in [0, 0.05) is 25.2 Å². The van der Waals surface area contributed by atoms with Gasteiger partial charge in [-0.05, 0) is 67.6 Å². The Morgan fingerprint density at radius 1 is 0.935 bits per heavy atom. The Balaban J connectivity index is 1.29. The van der Waals surface area contributed by atoms with Gasteiger partial charge in [0.05, 0.1) is 0 Å². The van der Waals surface area contributed by atoms with Crippen LogP contribution in [0.2, 0.25) is 0 Å². The van der Waals surface area contributed by atoms with Crippen LogP contribution in [0.1, 0.15) is 67.0 Å². The normalized spacial score (nSPS) is 22.2. The first kappa shape index (κ1) is 20.5. The number of nitrogens with zero attached hydrogens (tertiary/aromatic N) is 3. The minimum absolute atomic E-state index is 0.0739. The molecular weight excluding hydrogens is 401 g/mol. The summed E-state index contributed by atoms with van der Waals surface area (Å²) in [5, 5.41) is 11.4. The number of aromatic nitrogens is 3. The molecule has 0 radical (unpaired) electrons. The average molecular weight is 429 g/mol. The number of halogens is 3. The minimum Gasteiger partial charge on any atom is -0.310 e. The molecule has 0 saturated heterocycles. The lowest BCUT2D eigenvalue weighted by atomic mass is 9.82. The summed E-state index contributed by atoms with van der Waals surface area (Å²) in [6, 6.07) is 12.3. The molecule has 0 unspecified atom stereocenters. The zero-order valence-corrected chi connectivity index (χ0v) is 17.4. The Morgan fingerprint density at radius 3 is 2.35 bits per heavy atom. The molecule has 2 aliphatic carbocycles. The van der Waals surface area contributed by atoms with Gasteiger partial charge in [-0.15, -0.1) is 10.2 Å². The van der Waals surface area contributed by atoms with Gasteiger partial charge in [0.1, 0.15) is 11.4 Å². The Labute approximate surface area is 179 Å². The maximum atomic E-state index is 14.0. The van der Waals surface area contributed by atoms with E-state index in [1.165, 1.54) is 9.96 Å². The van der Waals surface area contributed by atoms with Gasteiger partial charge in [-0.2, -0.15) is 13.2 Å². The molecule has 2 aliphatic rings. The van der Waals surface area contributed by atoms with E-state index in [0.717, 1.165) is 38.5 Å². The van der Waals surface area contributed by atoms with Crippen LogP contribution in [-0.4, -0.2) is 20.6 Å². The minimum atomic E-state index is -4.46. The summed E-state index contributed by atoms with van der Waals surface area (Å²) in [5.41, 5.74) is 0.875. The predicted octanol–water partition coefficient (Wildman–Crippen LogP) is 5.52. The van der Waals surface area contributed by atoms with E-state index in [9.17, 15) is 13.2 Å². The van der Waals surface area contributed by atoms with Crippen LogP contribution in [0.25, 0.3) is 5.65 Å². The number of hydrogen-bond acceptors (Lipinski definition) is 3. The molecule has 2 saturated carbocycles. The van der Waals surface area contributed by atoms with Gasteiger partial charge in [0.2, 0.25) is 0 Å². The summed E-state index contributed by atoms with van der Waals surface area (Å²) in [6.45, 7) is 0.191. The van der Waals surface area contributed by atoms with Crippen molar-refractivity contribution in [1.82, 2.24) is 19.9 Å². The number of pyridine rings is 1. The van der Waals surface area contributed by atoms with E-state index in [0.29, 0.717) is 24.1 Å². The third kappa shape index (κ3) is 4.47. The van der Waals surface area contributed by atoms with Crippen LogP contribution in [0.15, 0.2) is 42.6 Å². The van der Waals surface area contributed by atoms with Crippen molar-refractivity contribution in [3.8, 4) is 0 Å². The monoisotopic (exact) mass is 428 g/mol. The molecule has 0 spiro atoms. The molecule has 1 aromatic carbocycles. The van der Waals surface area contributed by atoms with Crippen molar-refractivity contribution in [3.63, 3.8) is 0 Å². The summed E-state index contributed by atoms with van der Waals surface area (Å²) in [6.07, 6.45) is 4.23. The zero-order valence-electron chi connectivity index (χ0n) is 17.4. The van der Waals surface area contributed by atoms with Gasteiger partial charge >= 0.3 is 6.18 Å². The summed E-state index contributed by atoms with van der Waals surface area (Å²) in [5.74, 6) is 1.71. The highest BCUT2D eigenvalue weighted by atomic mass is 19.4. The maximum absolute atomic E-state index is 14.0. The standard InChI is InChI=1S/C24H27F3N4/c25-24(26,27)22-19(12-13-31-21(14-16-6-7-16)29-30-23(22)31)15-28-20-10-8-18(9-11-20)17-4-2-1-3-5-17/h1-5,12-13,16,18,20,28H,6-11,14-15H2. The first-order valence-corrected chi connectivity index (χ1v) is 11.2. The van der Waals surface area contributed by atoms with Crippen molar-refractivity contribution < 1.29 is 13.2 Å². The van der Waals surface area contributed by atoms with Gasteiger partial charge in [-0.3, -0.25) is 4.40 Å². The second-order valence-corrected chi connectivity index (χ2v) is 9.01. The lowest BCUT2D eigenvalue weighted by Gasteiger charge is -2.30. The lowest BCUT2D eigenvalue weighted by molar-refractivity contribution is -0.137. The molecular formula is C24H27F3N4. The molecule has 1 N–H and O–H groups in total. The number of nitrogens with one attached hydrogen (secondary N) is 1. The summed E-state index contributed by atoms with van der Waals surface area (Å²) < 4.78 is 43.4. The fourth-order valence-corrected chi connectivity index (χ4v) is 4.83. The molecule has 4 nitrogen and oxygen atoms in total. The van der Waals surface area contributed by atoms with Crippen LogP contribution in [0.3, 0.4) is 0 Å². The number of rotatable bonds is 6. The van der Waals surface area contributed by atoms with Gasteiger partial charge < -0.3 is 5.32 Å². The smallest absolute Gasteiger partial charge is 0.310 e. The molecule has 7 heteroatoms. The maximum Gasteiger partial charge on any atom is 0.420 e. The fourth-order valence-electron chi connectivity index (χ4n) is 4.83. The molecule has 2 heterocycles. The van der Waals surface area contributed by atoms with E-state index in [4.69, 9.17) is 0 Å². The second kappa shape index (κ2) is 8.26. The predicted molar refractivity (Wildman–Crippen MR) is 113 cm³/mol. The van der Waals surface area contributed by atoms with Gasteiger partial charge in [0.25, 0.3) is 0 Å². The Bertz CT molecular complexity index is 1030. The Hall–Kier alpha value is -2.41. The van der Waals surface area contributed by atoms with Gasteiger partial charge in [0.15, 0.2) is 5.65 Å². The summed E-state index contributed by atoms with van der Waals surface area (Å²) in [4.78, 5) is 0. The highest BCUT2D eigenvalue weighted by Crippen LogP contribution is 2.37. The third-order valence-corrected chi connectivity index (χ3v) is 6.77. The Morgan fingerprint density at radius 2 is 1.68 bits per heavy atom. The molecule has 3 aromatic rings. The van der Waals surface area contributed by atoms with E-state index in [2.05, 4.69) is 39.8 Å². The summed E-state index contributed by atoms with van der Waals surface area (Å²) in [7, 11) is 0. The van der Waals surface area contributed by atoms with E-state index in [1.807, 2.05) is 6.07 Å². The quantitative estimate of drug-likeness (QED) is 0.562. The van der Waals surface area contributed by atoms with Crippen LogP contribution < -0.4 is 5.32 Å². The SMILES string of the molecule is FC(F)(F)c1c(CNC2CCC(c3ccccc3)CC2)ccn2c(CC3CC3)nnc12. The molecule has 2 fully saturated rings. The van der Waals surface area contributed by atoms with E-state index in [1.54, 1.807) is 12.3 Å². The highest BCUT2D eigenvalue weighted by molar-refractivity contribution is 5.53. The van der Waals surface area contributed by atoms with Crippen molar-refractivity contribution >= 4 is 5.65 Å². The second-order valence-electron chi connectivity index (χ2n) is 9.01. The first-order chi connectivity index (χ1) is 15.0. The van der Waals surface area contributed by atoms with Crippen LogP contribution >= 0.6 is 0 Å². The Kier molecular flexibility index (Phi) is 5.46. The molecule has 5 rings (SSSR count). The van der Waals surface area contributed by atoms with E-state index in [-0.39, 0.29) is 23.8 Å². The van der Waals surface area contributed by atoms with Crippen LogP contribution in [-0.2, 0) is 19.1 Å². The molecule has 164 valence electrons. The number of hydrogen-bond donors (Lipinski definition) is 1. The van der Waals surface area contributed by atoms with Crippen molar-refractivity contribution in [2.75, 3.05) is 0 Å². The van der Waals surface area contributed by atoms with E-state index < -0.39 is 11.7 Å². The topological polar surface area (TPSA) is 42.2 Å². The molecule has 2 aromatic heterocycles. The van der Waals surface area contributed by atoms with Gasteiger partial charge in [-0.25, -0.2) is 0 Å². The van der Waals surface area contributed by atoms with Gasteiger partial charge in [-0.1, -0.05) is 30.3 Å². The number of alkyl halides is 3. The lowest BCUT2D eigenvalue weighted by Crippen LogP contribution is -2.33. The third-order valence-electron chi connectivity index (χ3n) is 6.77. The molecule has 0 bridgehead atoms. The summed E-state index contributed by atoms with van der Waals surface area (Å²) >= 11 is 0. The molecule has 31 heavy (non-hydrogen) atoms. The highest BCUT2D eigenvalue weighted by Gasteiger charge is 2.38. The van der Waals surface area contributed by atoms with Crippen LogP contribution in [0.4, 0.5) is 13.2 Å². The van der Waals surface area contributed by atoms with Crippen LogP contribution in [0.5, 0.6) is 0 Å². The van der Waals surface area contributed by atoms with E-state index >= 15 is 0 Å². The molecule has 0 aliphatic heterocycles. The molecule has 0 amide bonds. The largest absolute Gasteiger partial charge is 0.420 e. The fraction of sp³-hybridized carbons (Fsp3) is 0.500. The molecule has 0 atom stereocenters. The average Bonchev–Trinajstić information content (AvgIpc) is 3.50. The van der Waals surface area contributed by atoms with Crippen molar-refractivity contribution in [2.24, 2.45) is 5.92 Å². The van der Waals surface area contributed by atoms with Crippen molar-refractivity contribution in [3.05, 3.63) is 65.1 Å². The van der Waals surface area contributed by atoms with Crippen molar-refractivity contribution in [2.45, 2.75) is 69.6 Å².